The summed E-state index contributed by atoms with van der Waals surface area (Å²) in [5.74, 6) is 0.601. The number of amides is 2. The number of hydrogen-bond donors (Lipinski definition) is 1. The summed E-state index contributed by atoms with van der Waals surface area (Å²) in [6.45, 7) is 7.90. The van der Waals surface area contributed by atoms with E-state index >= 15 is 0 Å². The van der Waals surface area contributed by atoms with Crippen LogP contribution < -0.4 is 5.32 Å². The minimum absolute atomic E-state index is 0.0417. The number of thioether (sulfide) groups is 1. The molecular formula is C22H27N3O2S. The minimum Gasteiger partial charge on any atom is -0.339 e. The number of para-hydroxylation sites is 1. The molecule has 1 saturated heterocycles. The molecule has 6 heteroatoms. The molecule has 0 aliphatic carbocycles. The molecule has 0 unspecified atom stereocenters. The van der Waals surface area contributed by atoms with Gasteiger partial charge in [0.2, 0.25) is 5.91 Å². The van der Waals surface area contributed by atoms with Crippen LogP contribution in [0, 0.1) is 6.92 Å². The van der Waals surface area contributed by atoms with E-state index < -0.39 is 0 Å². The summed E-state index contributed by atoms with van der Waals surface area (Å²) in [6, 6.07) is 9.69. The molecule has 148 valence electrons. The summed E-state index contributed by atoms with van der Waals surface area (Å²) in [7, 11) is 0. The van der Waals surface area contributed by atoms with Crippen LogP contribution in [0.5, 0.6) is 0 Å². The van der Waals surface area contributed by atoms with Gasteiger partial charge < -0.3 is 10.2 Å². The first kappa shape index (κ1) is 20.4. The molecule has 28 heavy (non-hydrogen) atoms. The Morgan fingerprint density at radius 2 is 1.93 bits per heavy atom. The van der Waals surface area contributed by atoms with Gasteiger partial charge in [-0.2, -0.15) is 0 Å². The normalized spacial score (nSPS) is 13.8. The summed E-state index contributed by atoms with van der Waals surface area (Å²) >= 11 is 1.37. The van der Waals surface area contributed by atoms with Crippen LogP contribution in [-0.4, -0.2) is 40.5 Å². The molecule has 2 heterocycles. The quantitative estimate of drug-likeness (QED) is 0.730. The van der Waals surface area contributed by atoms with Crippen molar-refractivity contribution in [1.82, 2.24) is 9.88 Å². The topological polar surface area (TPSA) is 62.3 Å². The molecule has 1 fully saturated rings. The second-order valence-electron chi connectivity index (χ2n) is 7.42. The lowest BCUT2D eigenvalue weighted by Crippen LogP contribution is -2.27. The number of benzene rings is 1. The fraction of sp³-hybridized carbons (Fsp3) is 0.409. The van der Waals surface area contributed by atoms with E-state index in [0.29, 0.717) is 11.5 Å². The van der Waals surface area contributed by atoms with Crippen molar-refractivity contribution >= 4 is 29.3 Å². The van der Waals surface area contributed by atoms with Gasteiger partial charge in [0.1, 0.15) is 0 Å². The van der Waals surface area contributed by atoms with Crippen molar-refractivity contribution in [2.45, 2.75) is 44.6 Å². The first-order valence-electron chi connectivity index (χ1n) is 9.73. The Hall–Kier alpha value is -2.34. The molecule has 0 spiro atoms. The van der Waals surface area contributed by atoms with Gasteiger partial charge in [-0.05, 0) is 48.9 Å². The molecule has 1 aromatic heterocycles. The number of carbonyl (C=O) groups is 2. The zero-order chi connectivity index (χ0) is 20.1. The summed E-state index contributed by atoms with van der Waals surface area (Å²) < 4.78 is 0. The highest BCUT2D eigenvalue weighted by atomic mass is 32.2. The number of hydrogen-bond acceptors (Lipinski definition) is 4. The van der Waals surface area contributed by atoms with Crippen LogP contribution in [0.2, 0.25) is 0 Å². The van der Waals surface area contributed by atoms with Crippen molar-refractivity contribution in [3.05, 3.63) is 53.2 Å². The van der Waals surface area contributed by atoms with Gasteiger partial charge in [-0.1, -0.05) is 43.8 Å². The van der Waals surface area contributed by atoms with Crippen molar-refractivity contribution in [3.8, 4) is 0 Å². The summed E-state index contributed by atoms with van der Waals surface area (Å²) in [5.41, 5.74) is 3.72. The molecular weight excluding hydrogens is 370 g/mol. The maximum Gasteiger partial charge on any atom is 0.255 e. The van der Waals surface area contributed by atoms with Crippen LogP contribution in [0.4, 0.5) is 5.69 Å². The second kappa shape index (κ2) is 9.24. The van der Waals surface area contributed by atoms with Gasteiger partial charge in [0.15, 0.2) is 0 Å². The summed E-state index contributed by atoms with van der Waals surface area (Å²) in [5, 5.41) is 3.79. The molecule has 3 rings (SSSR count). The number of carbonyl (C=O) groups excluding carboxylic acids is 2. The van der Waals surface area contributed by atoms with E-state index in [1.54, 1.807) is 12.3 Å². The highest BCUT2D eigenvalue weighted by Crippen LogP contribution is 2.28. The molecule has 0 atom stereocenters. The molecule has 1 aliphatic rings. The van der Waals surface area contributed by atoms with Crippen LogP contribution in [0.25, 0.3) is 0 Å². The molecule has 0 bridgehead atoms. The first-order valence-corrected chi connectivity index (χ1v) is 10.7. The molecule has 1 aliphatic heterocycles. The van der Waals surface area contributed by atoms with E-state index in [0.717, 1.165) is 47.8 Å². The molecule has 1 N–H and O–H groups in total. The third kappa shape index (κ3) is 4.93. The number of pyridine rings is 1. The van der Waals surface area contributed by atoms with Gasteiger partial charge in [-0.3, -0.25) is 9.59 Å². The highest BCUT2D eigenvalue weighted by Gasteiger charge is 2.19. The molecule has 0 radical (unpaired) electrons. The van der Waals surface area contributed by atoms with Gasteiger partial charge in [-0.25, -0.2) is 4.98 Å². The molecule has 1 aromatic carbocycles. The number of likely N-dealkylation sites (tertiary alicyclic amines) is 1. The van der Waals surface area contributed by atoms with Crippen LogP contribution in [0.3, 0.4) is 0 Å². The van der Waals surface area contributed by atoms with Crippen molar-refractivity contribution in [1.29, 1.82) is 0 Å². The summed E-state index contributed by atoms with van der Waals surface area (Å²) in [4.78, 5) is 31.0. The Bertz CT molecular complexity index is 843. The van der Waals surface area contributed by atoms with E-state index in [4.69, 9.17) is 0 Å². The van der Waals surface area contributed by atoms with Crippen LogP contribution in [0.1, 0.15) is 54.1 Å². The summed E-state index contributed by atoms with van der Waals surface area (Å²) in [6.07, 6.45) is 3.75. The number of aryl methyl sites for hydroxylation is 1. The molecule has 2 amide bonds. The van der Waals surface area contributed by atoms with E-state index in [-0.39, 0.29) is 17.6 Å². The first-order chi connectivity index (χ1) is 13.5. The van der Waals surface area contributed by atoms with Crippen LogP contribution in [0.15, 0.2) is 41.6 Å². The van der Waals surface area contributed by atoms with Crippen molar-refractivity contribution in [2.75, 3.05) is 24.2 Å². The van der Waals surface area contributed by atoms with Crippen LogP contribution in [-0.2, 0) is 4.79 Å². The lowest BCUT2D eigenvalue weighted by atomic mass is 9.98. The number of nitrogens with zero attached hydrogens (tertiary/aromatic N) is 2. The van der Waals surface area contributed by atoms with Crippen molar-refractivity contribution < 1.29 is 9.59 Å². The van der Waals surface area contributed by atoms with Gasteiger partial charge in [0.05, 0.1) is 16.3 Å². The number of rotatable bonds is 6. The maximum absolute atomic E-state index is 12.4. The maximum atomic E-state index is 12.4. The minimum atomic E-state index is -0.0554. The largest absolute Gasteiger partial charge is 0.339 e. The average Bonchev–Trinajstić information content (AvgIpc) is 3.22. The van der Waals surface area contributed by atoms with E-state index in [2.05, 4.69) is 30.2 Å². The Balaban J connectivity index is 1.57. The Kier molecular flexibility index (Phi) is 6.73. The van der Waals surface area contributed by atoms with Gasteiger partial charge in [-0.15, -0.1) is 0 Å². The Labute approximate surface area is 170 Å². The number of nitrogens with one attached hydrogen (secondary N) is 1. The van der Waals surface area contributed by atoms with E-state index in [1.807, 2.05) is 30.0 Å². The number of aromatic nitrogens is 1. The van der Waals surface area contributed by atoms with Gasteiger partial charge in [0, 0.05) is 25.0 Å². The predicted molar refractivity (Wildman–Crippen MR) is 114 cm³/mol. The zero-order valence-corrected chi connectivity index (χ0v) is 17.5. The van der Waals surface area contributed by atoms with E-state index in [1.165, 1.54) is 11.8 Å². The smallest absolute Gasteiger partial charge is 0.255 e. The van der Waals surface area contributed by atoms with Crippen molar-refractivity contribution in [3.63, 3.8) is 0 Å². The lowest BCUT2D eigenvalue weighted by Gasteiger charge is -2.16. The highest BCUT2D eigenvalue weighted by molar-refractivity contribution is 7.99. The van der Waals surface area contributed by atoms with E-state index in [9.17, 15) is 9.59 Å². The predicted octanol–water partition coefficient (Wildman–Crippen LogP) is 4.48. The lowest BCUT2D eigenvalue weighted by molar-refractivity contribution is -0.113. The fourth-order valence-electron chi connectivity index (χ4n) is 3.35. The third-order valence-electron chi connectivity index (χ3n) is 4.92. The number of anilines is 1. The van der Waals surface area contributed by atoms with Crippen molar-refractivity contribution in [2.24, 2.45) is 0 Å². The third-order valence-corrected chi connectivity index (χ3v) is 5.86. The standard InChI is InChI=1S/C22H27N3O2S/c1-15(2)18-8-6-7-16(3)21(18)24-19(26)14-28-20-10-9-17(13-23-20)22(27)25-11-4-5-12-25/h6-10,13,15H,4-5,11-12,14H2,1-3H3,(H,24,26). The fourth-order valence-corrected chi connectivity index (χ4v) is 3.99. The molecule has 0 saturated carbocycles. The van der Waals surface area contributed by atoms with Gasteiger partial charge in [0.25, 0.3) is 5.91 Å². The Morgan fingerprint density at radius 3 is 2.57 bits per heavy atom. The molecule has 2 aromatic rings. The zero-order valence-electron chi connectivity index (χ0n) is 16.7. The monoisotopic (exact) mass is 397 g/mol. The van der Waals surface area contributed by atoms with Crippen LogP contribution >= 0.6 is 11.8 Å². The average molecular weight is 398 g/mol. The van der Waals surface area contributed by atoms with Gasteiger partial charge >= 0.3 is 0 Å². The SMILES string of the molecule is Cc1cccc(C(C)C)c1NC(=O)CSc1ccc(C(=O)N2CCCC2)cn1. The molecule has 5 nitrogen and oxygen atoms in total. The Morgan fingerprint density at radius 1 is 1.18 bits per heavy atom. The second-order valence-corrected chi connectivity index (χ2v) is 8.41.